The van der Waals surface area contributed by atoms with Crippen molar-refractivity contribution in [3.8, 4) is 0 Å². The normalized spacial score (nSPS) is 12.2. The minimum atomic E-state index is -3.41. The van der Waals surface area contributed by atoms with Crippen LogP contribution in [0.5, 0.6) is 0 Å². The molecule has 0 unspecified atom stereocenters. The molecular weight excluding hydrogens is 276 g/mol. The van der Waals surface area contributed by atoms with Gasteiger partial charge in [-0.3, -0.25) is 4.79 Å². The second-order valence-corrected chi connectivity index (χ2v) is 6.22. The molecule has 0 heterocycles. The monoisotopic (exact) mass is 296 g/mol. The van der Waals surface area contributed by atoms with Gasteiger partial charge in [0, 0.05) is 12.1 Å². The highest BCUT2D eigenvalue weighted by Crippen LogP contribution is 2.10. The van der Waals surface area contributed by atoms with E-state index in [1.54, 1.807) is 19.1 Å². The van der Waals surface area contributed by atoms with Crippen molar-refractivity contribution in [2.75, 3.05) is 7.05 Å². The predicted octanol–water partition coefficient (Wildman–Crippen LogP) is 1.57. The average molecular weight is 296 g/mol. The predicted molar refractivity (Wildman–Crippen MR) is 78.6 cm³/mol. The van der Waals surface area contributed by atoms with Crippen LogP contribution < -0.4 is 10.0 Å². The van der Waals surface area contributed by atoms with Crippen LogP contribution in [0.2, 0.25) is 0 Å². The van der Waals surface area contributed by atoms with Gasteiger partial charge in [-0.15, -0.1) is 0 Å². The first kappa shape index (κ1) is 16.4. The second-order valence-electron chi connectivity index (χ2n) is 4.33. The molecule has 6 heteroatoms. The van der Waals surface area contributed by atoms with Crippen LogP contribution in [0.25, 0.3) is 0 Å². The Bertz CT molecular complexity index is 589. The number of hydrogen-bond donors (Lipinski definition) is 2. The van der Waals surface area contributed by atoms with Crippen LogP contribution in [-0.2, 0) is 21.4 Å². The van der Waals surface area contributed by atoms with E-state index in [1.807, 2.05) is 13.0 Å². The van der Waals surface area contributed by atoms with Gasteiger partial charge in [0.05, 0.1) is 4.90 Å². The Hall–Kier alpha value is -1.66. The molecule has 0 spiro atoms. The zero-order chi connectivity index (χ0) is 15.2. The van der Waals surface area contributed by atoms with E-state index in [4.69, 9.17) is 0 Å². The maximum absolute atomic E-state index is 11.7. The van der Waals surface area contributed by atoms with Crippen molar-refractivity contribution >= 4 is 15.9 Å². The fourth-order valence-electron chi connectivity index (χ4n) is 1.62. The molecule has 1 aromatic carbocycles. The van der Waals surface area contributed by atoms with E-state index in [9.17, 15) is 13.2 Å². The maximum atomic E-state index is 11.7. The summed E-state index contributed by atoms with van der Waals surface area (Å²) in [5.41, 5.74) is 1.53. The van der Waals surface area contributed by atoms with Gasteiger partial charge in [0.15, 0.2) is 0 Å². The van der Waals surface area contributed by atoms with Crippen LogP contribution in [0.15, 0.2) is 40.8 Å². The van der Waals surface area contributed by atoms with Crippen LogP contribution in [0.3, 0.4) is 0 Å². The second kappa shape index (κ2) is 7.21. The standard InChI is InChI=1S/C14H20N2O3S/c1-4-5-11(2)14(17)16-10-12-6-8-13(9-7-12)20(18,19)15-3/h5-9,15H,4,10H2,1-3H3,(H,16,17)/b11-5-. The minimum Gasteiger partial charge on any atom is -0.348 e. The van der Waals surface area contributed by atoms with Crippen molar-refractivity contribution in [1.29, 1.82) is 0 Å². The van der Waals surface area contributed by atoms with Crippen molar-refractivity contribution in [1.82, 2.24) is 10.0 Å². The van der Waals surface area contributed by atoms with E-state index in [2.05, 4.69) is 10.0 Å². The molecule has 1 aromatic rings. The van der Waals surface area contributed by atoms with Gasteiger partial charge >= 0.3 is 0 Å². The molecule has 110 valence electrons. The molecule has 0 saturated heterocycles. The van der Waals surface area contributed by atoms with Crippen LogP contribution in [0.1, 0.15) is 25.8 Å². The Morgan fingerprint density at radius 2 is 1.85 bits per heavy atom. The third kappa shape index (κ3) is 4.47. The molecule has 0 atom stereocenters. The molecule has 0 aliphatic carbocycles. The van der Waals surface area contributed by atoms with Crippen LogP contribution in [0, 0.1) is 0 Å². The molecule has 0 aliphatic rings. The van der Waals surface area contributed by atoms with E-state index in [-0.39, 0.29) is 10.8 Å². The molecule has 0 aliphatic heterocycles. The molecule has 0 radical (unpaired) electrons. The molecule has 0 aromatic heterocycles. The van der Waals surface area contributed by atoms with E-state index < -0.39 is 10.0 Å². The number of amides is 1. The van der Waals surface area contributed by atoms with Gasteiger partial charge in [-0.05, 0) is 38.1 Å². The smallest absolute Gasteiger partial charge is 0.246 e. The van der Waals surface area contributed by atoms with Crippen LogP contribution in [0.4, 0.5) is 0 Å². The molecule has 1 amide bonds. The first-order valence-electron chi connectivity index (χ1n) is 6.38. The van der Waals surface area contributed by atoms with Crippen molar-refractivity contribution < 1.29 is 13.2 Å². The SMILES string of the molecule is CC/C=C(/C)C(=O)NCc1ccc(S(=O)(=O)NC)cc1. The van der Waals surface area contributed by atoms with E-state index in [0.29, 0.717) is 12.1 Å². The van der Waals surface area contributed by atoms with Gasteiger partial charge < -0.3 is 5.32 Å². The molecule has 1 rings (SSSR count). The number of sulfonamides is 1. The molecule has 5 nitrogen and oxygen atoms in total. The third-order valence-electron chi connectivity index (χ3n) is 2.82. The first-order chi connectivity index (χ1) is 9.40. The molecule has 0 saturated carbocycles. The Morgan fingerprint density at radius 1 is 1.25 bits per heavy atom. The Morgan fingerprint density at radius 3 is 2.35 bits per heavy atom. The quantitative estimate of drug-likeness (QED) is 0.782. The van der Waals surface area contributed by atoms with Crippen molar-refractivity contribution in [2.24, 2.45) is 0 Å². The minimum absolute atomic E-state index is 0.112. The first-order valence-corrected chi connectivity index (χ1v) is 7.86. The van der Waals surface area contributed by atoms with E-state index >= 15 is 0 Å². The molecule has 20 heavy (non-hydrogen) atoms. The zero-order valence-electron chi connectivity index (χ0n) is 11.9. The number of benzene rings is 1. The summed E-state index contributed by atoms with van der Waals surface area (Å²) in [5, 5.41) is 2.78. The highest BCUT2D eigenvalue weighted by molar-refractivity contribution is 7.89. The van der Waals surface area contributed by atoms with Gasteiger partial charge in [0.25, 0.3) is 0 Å². The summed E-state index contributed by atoms with van der Waals surface area (Å²) in [6.45, 7) is 4.10. The van der Waals surface area contributed by atoms with Crippen LogP contribution >= 0.6 is 0 Å². The zero-order valence-corrected chi connectivity index (χ0v) is 12.8. The van der Waals surface area contributed by atoms with Crippen molar-refractivity contribution in [2.45, 2.75) is 31.7 Å². The Balaban J connectivity index is 2.68. The van der Waals surface area contributed by atoms with Gasteiger partial charge in [0.1, 0.15) is 0 Å². The van der Waals surface area contributed by atoms with E-state index in [1.165, 1.54) is 19.2 Å². The molecule has 0 fully saturated rings. The molecule has 0 bridgehead atoms. The number of hydrogen-bond acceptors (Lipinski definition) is 3. The summed E-state index contributed by atoms with van der Waals surface area (Å²) in [5.74, 6) is -0.112. The lowest BCUT2D eigenvalue weighted by molar-refractivity contribution is -0.117. The Labute approximate surface area is 120 Å². The number of rotatable bonds is 6. The lowest BCUT2D eigenvalue weighted by Gasteiger charge is -2.07. The summed E-state index contributed by atoms with van der Waals surface area (Å²) in [7, 11) is -2.05. The largest absolute Gasteiger partial charge is 0.348 e. The van der Waals surface area contributed by atoms with Gasteiger partial charge in [-0.25, -0.2) is 13.1 Å². The summed E-state index contributed by atoms with van der Waals surface area (Å²) in [6.07, 6.45) is 2.67. The molecular formula is C14H20N2O3S. The van der Waals surface area contributed by atoms with Crippen molar-refractivity contribution in [3.05, 3.63) is 41.5 Å². The molecule has 2 N–H and O–H groups in total. The van der Waals surface area contributed by atoms with Crippen LogP contribution in [-0.4, -0.2) is 21.4 Å². The fourth-order valence-corrected chi connectivity index (χ4v) is 2.36. The lowest BCUT2D eigenvalue weighted by Crippen LogP contribution is -2.23. The number of carbonyl (C=O) groups is 1. The highest BCUT2D eigenvalue weighted by atomic mass is 32.2. The average Bonchev–Trinajstić information content (AvgIpc) is 2.45. The third-order valence-corrected chi connectivity index (χ3v) is 4.25. The summed E-state index contributed by atoms with van der Waals surface area (Å²) >= 11 is 0. The fraction of sp³-hybridized carbons (Fsp3) is 0.357. The summed E-state index contributed by atoms with van der Waals surface area (Å²) < 4.78 is 25.4. The summed E-state index contributed by atoms with van der Waals surface area (Å²) in [6, 6.07) is 6.40. The van der Waals surface area contributed by atoms with E-state index in [0.717, 1.165) is 12.0 Å². The number of nitrogens with one attached hydrogen (secondary N) is 2. The number of carbonyl (C=O) groups excluding carboxylic acids is 1. The Kier molecular flexibility index (Phi) is 5.91. The lowest BCUT2D eigenvalue weighted by atomic mass is 10.2. The van der Waals surface area contributed by atoms with Gasteiger partial charge in [-0.2, -0.15) is 0 Å². The van der Waals surface area contributed by atoms with Crippen molar-refractivity contribution in [3.63, 3.8) is 0 Å². The topological polar surface area (TPSA) is 75.3 Å². The maximum Gasteiger partial charge on any atom is 0.246 e. The highest BCUT2D eigenvalue weighted by Gasteiger charge is 2.10. The van der Waals surface area contributed by atoms with Gasteiger partial charge in [0.2, 0.25) is 15.9 Å². The summed E-state index contributed by atoms with van der Waals surface area (Å²) in [4.78, 5) is 11.9. The van der Waals surface area contributed by atoms with Gasteiger partial charge in [-0.1, -0.05) is 25.1 Å². The number of allylic oxidation sites excluding steroid dienone is 1.